The summed E-state index contributed by atoms with van der Waals surface area (Å²) >= 11 is 7.38. The van der Waals surface area contributed by atoms with Crippen molar-refractivity contribution < 1.29 is 14.7 Å². The van der Waals surface area contributed by atoms with Gasteiger partial charge in [-0.15, -0.1) is 11.8 Å². The number of carboxylic acid groups (broad SMARTS) is 1. The van der Waals surface area contributed by atoms with E-state index >= 15 is 0 Å². The van der Waals surface area contributed by atoms with Gasteiger partial charge in [0.25, 0.3) is 0 Å². The van der Waals surface area contributed by atoms with Crippen LogP contribution in [0, 0.1) is 5.92 Å². The molecule has 0 saturated carbocycles. The lowest BCUT2D eigenvalue weighted by Gasteiger charge is -2.10. The van der Waals surface area contributed by atoms with Gasteiger partial charge in [0.15, 0.2) is 0 Å². The fourth-order valence-electron chi connectivity index (χ4n) is 1.60. The van der Waals surface area contributed by atoms with E-state index in [4.69, 9.17) is 16.7 Å². The minimum Gasteiger partial charge on any atom is -0.481 e. The number of benzene rings is 1. The van der Waals surface area contributed by atoms with Crippen molar-refractivity contribution in [3.8, 4) is 0 Å². The largest absolute Gasteiger partial charge is 0.481 e. The first-order valence-corrected chi connectivity index (χ1v) is 7.81. The molecule has 0 heterocycles. The van der Waals surface area contributed by atoms with Crippen LogP contribution in [0.2, 0.25) is 5.02 Å². The summed E-state index contributed by atoms with van der Waals surface area (Å²) < 4.78 is 0. The second-order valence-corrected chi connectivity index (χ2v) is 6.05. The molecule has 20 heavy (non-hydrogen) atoms. The molecule has 1 aromatic carbocycles. The Morgan fingerprint density at radius 3 is 2.85 bits per heavy atom. The molecule has 4 nitrogen and oxygen atoms in total. The first-order valence-electron chi connectivity index (χ1n) is 6.28. The standard InChI is InChI=1S/C14H18ClNO3S/c1-10(5-14(18)19)7-16-13(17)9-20-8-11-3-2-4-12(15)6-11/h2-4,6,10H,5,7-9H2,1H3,(H,16,17)(H,18,19). The van der Waals surface area contributed by atoms with E-state index in [-0.39, 0.29) is 18.2 Å². The van der Waals surface area contributed by atoms with E-state index in [0.717, 1.165) is 11.3 Å². The van der Waals surface area contributed by atoms with Crippen LogP contribution in [0.15, 0.2) is 24.3 Å². The van der Waals surface area contributed by atoms with Gasteiger partial charge in [0.2, 0.25) is 5.91 Å². The third-order valence-electron chi connectivity index (χ3n) is 2.56. The van der Waals surface area contributed by atoms with Gasteiger partial charge in [0.05, 0.1) is 5.75 Å². The summed E-state index contributed by atoms with van der Waals surface area (Å²) in [5, 5.41) is 12.0. The lowest BCUT2D eigenvalue weighted by Crippen LogP contribution is -2.30. The van der Waals surface area contributed by atoms with Crippen LogP contribution >= 0.6 is 23.4 Å². The first-order chi connectivity index (χ1) is 9.47. The topological polar surface area (TPSA) is 66.4 Å². The molecule has 0 fully saturated rings. The summed E-state index contributed by atoms with van der Waals surface area (Å²) in [4.78, 5) is 22.1. The zero-order valence-electron chi connectivity index (χ0n) is 11.3. The Balaban J connectivity index is 2.18. The van der Waals surface area contributed by atoms with Crippen LogP contribution in [0.4, 0.5) is 0 Å². The molecule has 0 aliphatic rings. The molecule has 1 aromatic rings. The lowest BCUT2D eigenvalue weighted by molar-refractivity contribution is -0.138. The quantitative estimate of drug-likeness (QED) is 0.774. The van der Waals surface area contributed by atoms with Gasteiger partial charge in [-0.25, -0.2) is 0 Å². The lowest BCUT2D eigenvalue weighted by atomic mass is 10.1. The summed E-state index contributed by atoms with van der Waals surface area (Å²) in [5.74, 6) is 0.0936. The smallest absolute Gasteiger partial charge is 0.303 e. The maximum Gasteiger partial charge on any atom is 0.303 e. The van der Waals surface area contributed by atoms with E-state index < -0.39 is 5.97 Å². The Kier molecular flexibility index (Phi) is 7.47. The highest BCUT2D eigenvalue weighted by Gasteiger charge is 2.09. The molecule has 1 rings (SSSR count). The van der Waals surface area contributed by atoms with E-state index in [1.54, 1.807) is 6.92 Å². The maximum absolute atomic E-state index is 11.6. The highest BCUT2D eigenvalue weighted by Crippen LogP contribution is 2.16. The van der Waals surface area contributed by atoms with Gasteiger partial charge in [-0.05, 0) is 23.6 Å². The monoisotopic (exact) mass is 315 g/mol. The van der Waals surface area contributed by atoms with Crippen LogP contribution in [0.3, 0.4) is 0 Å². The molecule has 0 aliphatic carbocycles. The minimum atomic E-state index is -0.845. The summed E-state index contributed by atoms with van der Waals surface area (Å²) in [6, 6.07) is 7.53. The van der Waals surface area contributed by atoms with E-state index in [1.165, 1.54) is 11.8 Å². The Morgan fingerprint density at radius 1 is 1.45 bits per heavy atom. The summed E-state index contributed by atoms with van der Waals surface area (Å²) in [6.45, 7) is 2.19. The van der Waals surface area contributed by atoms with Crippen LogP contribution < -0.4 is 5.32 Å². The van der Waals surface area contributed by atoms with Gasteiger partial charge in [-0.1, -0.05) is 30.7 Å². The molecule has 1 unspecified atom stereocenters. The molecule has 2 N–H and O–H groups in total. The second-order valence-electron chi connectivity index (χ2n) is 4.63. The third-order valence-corrected chi connectivity index (χ3v) is 3.80. The van der Waals surface area contributed by atoms with Crippen molar-refractivity contribution in [2.75, 3.05) is 12.3 Å². The van der Waals surface area contributed by atoms with Gasteiger partial charge in [0.1, 0.15) is 0 Å². The molecule has 0 bridgehead atoms. The number of hydrogen-bond donors (Lipinski definition) is 2. The average Bonchev–Trinajstić information content (AvgIpc) is 2.36. The van der Waals surface area contributed by atoms with Crippen LogP contribution in [-0.2, 0) is 15.3 Å². The molecule has 0 saturated heterocycles. The molecular weight excluding hydrogens is 298 g/mol. The van der Waals surface area contributed by atoms with Gasteiger partial charge in [-0.3, -0.25) is 9.59 Å². The van der Waals surface area contributed by atoms with Crippen molar-refractivity contribution >= 4 is 35.2 Å². The van der Waals surface area contributed by atoms with E-state index in [2.05, 4.69) is 5.32 Å². The first kappa shape index (κ1) is 16.9. The molecule has 0 aliphatic heterocycles. The van der Waals surface area contributed by atoms with Crippen molar-refractivity contribution in [3.63, 3.8) is 0 Å². The predicted molar refractivity (Wildman–Crippen MR) is 82.0 cm³/mol. The molecule has 0 radical (unpaired) electrons. The number of rotatable bonds is 8. The predicted octanol–water partition coefficient (Wildman–Crippen LogP) is 2.80. The Bertz CT molecular complexity index is 467. The zero-order valence-corrected chi connectivity index (χ0v) is 12.8. The number of carbonyl (C=O) groups excluding carboxylic acids is 1. The summed E-state index contributed by atoms with van der Waals surface area (Å²) in [5.41, 5.74) is 1.08. The van der Waals surface area contributed by atoms with Crippen molar-refractivity contribution in [3.05, 3.63) is 34.9 Å². The van der Waals surface area contributed by atoms with E-state index in [9.17, 15) is 9.59 Å². The molecular formula is C14H18ClNO3S. The fraction of sp³-hybridized carbons (Fsp3) is 0.429. The number of hydrogen-bond acceptors (Lipinski definition) is 3. The zero-order chi connectivity index (χ0) is 15.0. The minimum absolute atomic E-state index is 0.0608. The number of halogens is 1. The normalized spacial score (nSPS) is 11.9. The number of aliphatic carboxylic acids is 1. The second kappa shape index (κ2) is 8.87. The SMILES string of the molecule is CC(CNC(=O)CSCc1cccc(Cl)c1)CC(=O)O. The molecule has 1 amide bonds. The third kappa shape index (κ3) is 7.40. The maximum atomic E-state index is 11.6. The Labute approximate surface area is 127 Å². The van der Waals surface area contributed by atoms with Crippen molar-refractivity contribution in [2.45, 2.75) is 19.1 Å². The van der Waals surface area contributed by atoms with Crippen LogP contribution in [0.1, 0.15) is 18.9 Å². The summed E-state index contributed by atoms with van der Waals surface area (Å²) in [6.07, 6.45) is 0.0654. The van der Waals surface area contributed by atoms with Crippen molar-refractivity contribution in [1.82, 2.24) is 5.32 Å². The fourth-order valence-corrected chi connectivity index (χ4v) is 2.62. The molecule has 0 spiro atoms. The number of amides is 1. The summed E-state index contributed by atoms with van der Waals surface area (Å²) in [7, 11) is 0. The van der Waals surface area contributed by atoms with E-state index in [1.807, 2.05) is 24.3 Å². The van der Waals surface area contributed by atoms with Crippen LogP contribution in [-0.4, -0.2) is 29.3 Å². The van der Waals surface area contributed by atoms with Crippen LogP contribution in [0.5, 0.6) is 0 Å². The number of nitrogens with one attached hydrogen (secondary N) is 1. The number of carboxylic acids is 1. The van der Waals surface area contributed by atoms with Gasteiger partial charge < -0.3 is 10.4 Å². The van der Waals surface area contributed by atoms with Gasteiger partial charge in [0, 0.05) is 23.7 Å². The Morgan fingerprint density at radius 2 is 2.20 bits per heavy atom. The Hall–Kier alpha value is -1.20. The highest BCUT2D eigenvalue weighted by molar-refractivity contribution is 7.99. The molecule has 0 aromatic heterocycles. The van der Waals surface area contributed by atoms with Crippen molar-refractivity contribution in [1.29, 1.82) is 0 Å². The average molecular weight is 316 g/mol. The van der Waals surface area contributed by atoms with Gasteiger partial charge >= 0.3 is 5.97 Å². The van der Waals surface area contributed by atoms with E-state index in [0.29, 0.717) is 17.3 Å². The highest BCUT2D eigenvalue weighted by atomic mass is 35.5. The van der Waals surface area contributed by atoms with Crippen LogP contribution in [0.25, 0.3) is 0 Å². The van der Waals surface area contributed by atoms with Gasteiger partial charge in [-0.2, -0.15) is 0 Å². The number of carbonyl (C=O) groups is 2. The molecule has 1 atom stereocenters. The van der Waals surface area contributed by atoms with Crippen molar-refractivity contribution in [2.24, 2.45) is 5.92 Å². The molecule has 6 heteroatoms. The number of thioether (sulfide) groups is 1. The molecule has 110 valence electrons.